The SMILES string of the molecule is Cc1cc(C)c(CC(=O)c2cccc(N)c2)c(C)c1. The molecule has 0 aliphatic heterocycles. The Labute approximate surface area is 114 Å². The van der Waals surface area contributed by atoms with Crippen molar-refractivity contribution in [2.75, 3.05) is 5.73 Å². The summed E-state index contributed by atoms with van der Waals surface area (Å²) < 4.78 is 0. The molecule has 0 unspecified atom stereocenters. The number of hydrogen-bond acceptors (Lipinski definition) is 2. The van der Waals surface area contributed by atoms with E-state index in [1.54, 1.807) is 12.1 Å². The summed E-state index contributed by atoms with van der Waals surface area (Å²) in [4.78, 5) is 12.3. The summed E-state index contributed by atoms with van der Waals surface area (Å²) >= 11 is 0. The van der Waals surface area contributed by atoms with Crippen LogP contribution in [0.2, 0.25) is 0 Å². The smallest absolute Gasteiger partial charge is 0.167 e. The van der Waals surface area contributed by atoms with Crippen molar-refractivity contribution in [2.45, 2.75) is 27.2 Å². The third-order valence-electron chi connectivity index (χ3n) is 3.39. The van der Waals surface area contributed by atoms with Gasteiger partial charge in [-0.3, -0.25) is 4.79 Å². The van der Waals surface area contributed by atoms with Crippen LogP contribution in [-0.4, -0.2) is 5.78 Å². The predicted octanol–water partition coefficient (Wildman–Crippen LogP) is 3.62. The molecule has 19 heavy (non-hydrogen) atoms. The van der Waals surface area contributed by atoms with Crippen molar-refractivity contribution >= 4 is 11.5 Å². The lowest BCUT2D eigenvalue weighted by molar-refractivity contribution is 0.0992. The Balaban J connectivity index is 2.29. The van der Waals surface area contributed by atoms with Gasteiger partial charge in [-0.1, -0.05) is 29.8 Å². The average molecular weight is 253 g/mol. The Bertz CT molecular complexity index is 606. The molecule has 0 bridgehead atoms. The normalized spacial score (nSPS) is 10.5. The van der Waals surface area contributed by atoms with Crippen LogP contribution in [0.4, 0.5) is 5.69 Å². The molecule has 0 atom stereocenters. The van der Waals surface area contributed by atoms with Crippen LogP contribution >= 0.6 is 0 Å². The third kappa shape index (κ3) is 3.02. The molecule has 2 heteroatoms. The number of benzene rings is 2. The summed E-state index contributed by atoms with van der Waals surface area (Å²) in [5, 5.41) is 0. The summed E-state index contributed by atoms with van der Waals surface area (Å²) in [6.07, 6.45) is 0.432. The van der Waals surface area contributed by atoms with Gasteiger partial charge in [0.15, 0.2) is 5.78 Å². The topological polar surface area (TPSA) is 43.1 Å². The van der Waals surface area contributed by atoms with Crippen molar-refractivity contribution in [2.24, 2.45) is 0 Å². The zero-order valence-corrected chi connectivity index (χ0v) is 11.7. The van der Waals surface area contributed by atoms with Crippen LogP contribution in [0.3, 0.4) is 0 Å². The van der Waals surface area contributed by atoms with Gasteiger partial charge in [0, 0.05) is 17.7 Å². The summed E-state index contributed by atoms with van der Waals surface area (Å²) in [6.45, 7) is 6.19. The fraction of sp³-hybridized carbons (Fsp3) is 0.235. The number of anilines is 1. The monoisotopic (exact) mass is 253 g/mol. The number of carbonyl (C=O) groups excluding carboxylic acids is 1. The van der Waals surface area contributed by atoms with E-state index in [0.717, 1.165) is 5.56 Å². The quantitative estimate of drug-likeness (QED) is 0.670. The molecule has 0 fully saturated rings. The van der Waals surface area contributed by atoms with Gasteiger partial charge < -0.3 is 5.73 Å². The Kier molecular flexibility index (Phi) is 3.70. The molecule has 0 saturated carbocycles. The zero-order valence-electron chi connectivity index (χ0n) is 11.7. The summed E-state index contributed by atoms with van der Waals surface area (Å²) in [6, 6.07) is 11.4. The molecule has 98 valence electrons. The predicted molar refractivity (Wildman–Crippen MR) is 79.5 cm³/mol. The van der Waals surface area contributed by atoms with Gasteiger partial charge in [0.1, 0.15) is 0 Å². The van der Waals surface area contributed by atoms with E-state index in [1.807, 2.05) is 12.1 Å². The van der Waals surface area contributed by atoms with E-state index >= 15 is 0 Å². The zero-order chi connectivity index (χ0) is 14.0. The number of aryl methyl sites for hydroxylation is 3. The van der Waals surface area contributed by atoms with E-state index in [-0.39, 0.29) is 5.78 Å². The molecule has 2 nitrogen and oxygen atoms in total. The molecular formula is C17H19NO. The maximum absolute atomic E-state index is 12.3. The van der Waals surface area contributed by atoms with Crippen molar-refractivity contribution in [3.63, 3.8) is 0 Å². The first-order valence-electron chi connectivity index (χ1n) is 6.43. The number of hydrogen-bond donors (Lipinski definition) is 1. The van der Waals surface area contributed by atoms with Crippen molar-refractivity contribution in [3.8, 4) is 0 Å². The first-order chi connectivity index (χ1) is 8.97. The molecule has 0 amide bonds. The Morgan fingerprint density at radius 3 is 2.26 bits per heavy atom. The van der Waals surface area contributed by atoms with Gasteiger partial charge in [0.05, 0.1) is 0 Å². The van der Waals surface area contributed by atoms with Gasteiger partial charge >= 0.3 is 0 Å². The first kappa shape index (κ1) is 13.3. The highest BCUT2D eigenvalue weighted by molar-refractivity contribution is 5.98. The number of Topliss-reactive ketones (excluding diaryl/α,β-unsaturated/α-hetero) is 1. The summed E-state index contributed by atoms with van der Waals surface area (Å²) in [7, 11) is 0. The number of ketones is 1. The Morgan fingerprint density at radius 2 is 1.68 bits per heavy atom. The second-order valence-corrected chi connectivity index (χ2v) is 5.10. The van der Waals surface area contributed by atoms with Crippen LogP contribution in [0.5, 0.6) is 0 Å². The molecule has 2 rings (SSSR count). The van der Waals surface area contributed by atoms with Gasteiger partial charge in [-0.15, -0.1) is 0 Å². The van der Waals surface area contributed by atoms with E-state index < -0.39 is 0 Å². The second kappa shape index (κ2) is 5.27. The van der Waals surface area contributed by atoms with Crippen molar-refractivity contribution < 1.29 is 4.79 Å². The molecule has 2 N–H and O–H groups in total. The second-order valence-electron chi connectivity index (χ2n) is 5.10. The van der Waals surface area contributed by atoms with Crippen LogP contribution in [-0.2, 0) is 6.42 Å². The first-order valence-corrected chi connectivity index (χ1v) is 6.43. The molecule has 0 saturated heterocycles. The van der Waals surface area contributed by atoms with Crippen molar-refractivity contribution in [1.82, 2.24) is 0 Å². The molecular weight excluding hydrogens is 234 g/mol. The van der Waals surface area contributed by atoms with Crippen molar-refractivity contribution in [1.29, 1.82) is 0 Å². The van der Waals surface area contributed by atoms with E-state index in [4.69, 9.17) is 5.73 Å². The third-order valence-corrected chi connectivity index (χ3v) is 3.39. The minimum atomic E-state index is 0.113. The van der Waals surface area contributed by atoms with Crippen LogP contribution in [0, 0.1) is 20.8 Å². The largest absolute Gasteiger partial charge is 0.399 e. The van der Waals surface area contributed by atoms with Gasteiger partial charge in [-0.25, -0.2) is 0 Å². The van der Waals surface area contributed by atoms with Gasteiger partial charge in [-0.05, 0) is 49.6 Å². The van der Waals surface area contributed by atoms with Crippen LogP contribution in [0.15, 0.2) is 36.4 Å². The molecule has 0 aliphatic carbocycles. The lowest BCUT2D eigenvalue weighted by atomic mass is 9.94. The molecule has 0 aliphatic rings. The van der Waals surface area contributed by atoms with Crippen LogP contribution in [0.25, 0.3) is 0 Å². The average Bonchev–Trinajstić information content (AvgIpc) is 2.33. The van der Waals surface area contributed by atoms with Gasteiger partial charge in [-0.2, -0.15) is 0 Å². The number of rotatable bonds is 3. The standard InChI is InChI=1S/C17H19NO/c1-11-7-12(2)16(13(3)8-11)10-17(19)14-5-4-6-15(18)9-14/h4-9H,10,18H2,1-3H3. The van der Waals surface area contributed by atoms with E-state index in [9.17, 15) is 4.79 Å². The maximum Gasteiger partial charge on any atom is 0.167 e. The number of carbonyl (C=O) groups is 1. The molecule has 0 spiro atoms. The number of nitrogens with two attached hydrogens (primary N) is 1. The highest BCUT2D eigenvalue weighted by Crippen LogP contribution is 2.19. The summed E-state index contributed by atoms with van der Waals surface area (Å²) in [5.74, 6) is 0.113. The van der Waals surface area contributed by atoms with Crippen LogP contribution in [0.1, 0.15) is 32.6 Å². The molecule has 0 heterocycles. The van der Waals surface area contributed by atoms with Gasteiger partial charge in [0.25, 0.3) is 0 Å². The fourth-order valence-electron chi connectivity index (χ4n) is 2.46. The van der Waals surface area contributed by atoms with E-state index in [1.165, 1.54) is 16.7 Å². The van der Waals surface area contributed by atoms with E-state index in [0.29, 0.717) is 17.7 Å². The minimum absolute atomic E-state index is 0.113. The molecule has 0 aromatic heterocycles. The van der Waals surface area contributed by atoms with Crippen molar-refractivity contribution in [3.05, 3.63) is 64.2 Å². The fourth-order valence-corrected chi connectivity index (χ4v) is 2.46. The van der Waals surface area contributed by atoms with Crippen LogP contribution < -0.4 is 5.73 Å². The minimum Gasteiger partial charge on any atom is -0.399 e. The highest BCUT2D eigenvalue weighted by atomic mass is 16.1. The van der Waals surface area contributed by atoms with Gasteiger partial charge in [0.2, 0.25) is 0 Å². The Morgan fingerprint density at radius 1 is 1.05 bits per heavy atom. The molecule has 2 aromatic rings. The Hall–Kier alpha value is -2.09. The molecule has 0 radical (unpaired) electrons. The lowest BCUT2D eigenvalue weighted by Crippen LogP contribution is -2.07. The molecule has 2 aromatic carbocycles. The lowest BCUT2D eigenvalue weighted by Gasteiger charge is -2.11. The highest BCUT2D eigenvalue weighted by Gasteiger charge is 2.11. The maximum atomic E-state index is 12.3. The number of nitrogen functional groups attached to an aromatic ring is 1. The summed E-state index contributed by atoms with van der Waals surface area (Å²) in [5.41, 5.74) is 11.7. The van der Waals surface area contributed by atoms with E-state index in [2.05, 4.69) is 32.9 Å².